The highest BCUT2D eigenvalue weighted by Gasteiger charge is 2.34. The molecule has 0 radical (unpaired) electrons. The van der Waals surface area contributed by atoms with Crippen LogP contribution in [0.25, 0.3) is 0 Å². The lowest BCUT2D eigenvalue weighted by Crippen LogP contribution is -2.42. The Morgan fingerprint density at radius 1 is 1.47 bits per heavy atom. The summed E-state index contributed by atoms with van der Waals surface area (Å²) < 4.78 is 3.06. The number of aryl methyl sites for hydroxylation is 2. The summed E-state index contributed by atoms with van der Waals surface area (Å²) in [7, 11) is 2.00. The van der Waals surface area contributed by atoms with E-state index in [1.54, 1.807) is 0 Å². The zero-order chi connectivity index (χ0) is 14.0. The van der Waals surface area contributed by atoms with E-state index in [0.717, 1.165) is 48.1 Å². The zero-order valence-corrected chi connectivity index (χ0v) is 13.6. The van der Waals surface area contributed by atoms with E-state index in [9.17, 15) is 5.11 Å². The minimum atomic E-state index is -0.574. The van der Waals surface area contributed by atoms with Crippen LogP contribution in [-0.2, 0) is 13.0 Å². The molecule has 108 valence electrons. The number of aliphatic hydroxyl groups is 1. The first-order valence-electron chi connectivity index (χ1n) is 7.10. The Morgan fingerprint density at radius 3 is 2.63 bits per heavy atom. The lowest BCUT2D eigenvalue weighted by molar-refractivity contribution is -0.00418. The number of rotatable bonds is 4. The van der Waals surface area contributed by atoms with E-state index in [0.29, 0.717) is 12.5 Å². The predicted molar refractivity (Wildman–Crippen MR) is 80.3 cm³/mol. The number of halogens is 1. The quantitative estimate of drug-likeness (QED) is 0.891. The molecule has 0 saturated heterocycles. The second-order valence-corrected chi connectivity index (χ2v) is 6.42. The van der Waals surface area contributed by atoms with Crippen LogP contribution in [0.5, 0.6) is 0 Å². The van der Waals surface area contributed by atoms with E-state index in [1.165, 1.54) is 0 Å². The van der Waals surface area contributed by atoms with E-state index in [-0.39, 0.29) is 0 Å². The third-order valence-corrected chi connectivity index (χ3v) is 5.31. The van der Waals surface area contributed by atoms with Crippen molar-refractivity contribution in [2.45, 2.75) is 64.1 Å². The highest BCUT2D eigenvalue weighted by atomic mass is 79.9. The molecule has 5 heteroatoms. The van der Waals surface area contributed by atoms with E-state index < -0.39 is 5.60 Å². The summed E-state index contributed by atoms with van der Waals surface area (Å²) in [5, 5.41) is 18.6. The van der Waals surface area contributed by atoms with Crippen molar-refractivity contribution < 1.29 is 5.11 Å². The first-order valence-corrected chi connectivity index (χ1v) is 7.90. The van der Waals surface area contributed by atoms with Crippen LogP contribution in [0.1, 0.15) is 44.0 Å². The van der Waals surface area contributed by atoms with Gasteiger partial charge in [-0.3, -0.25) is 4.68 Å². The number of aromatic nitrogens is 2. The molecule has 2 rings (SSSR count). The molecule has 0 aromatic carbocycles. The molecule has 0 atom stereocenters. The minimum absolute atomic E-state index is 0.557. The van der Waals surface area contributed by atoms with Gasteiger partial charge in [-0.1, -0.05) is 0 Å². The summed E-state index contributed by atoms with van der Waals surface area (Å²) in [6.07, 6.45) is 4.50. The Bertz CT molecular complexity index is 436. The second-order valence-electron chi connectivity index (χ2n) is 5.63. The number of hydrogen-bond acceptors (Lipinski definition) is 3. The van der Waals surface area contributed by atoms with Gasteiger partial charge in [0.15, 0.2) is 0 Å². The van der Waals surface area contributed by atoms with Crippen LogP contribution in [-0.4, -0.2) is 33.6 Å². The van der Waals surface area contributed by atoms with Gasteiger partial charge >= 0.3 is 0 Å². The van der Waals surface area contributed by atoms with Gasteiger partial charge in [0.05, 0.1) is 21.5 Å². The Labute approximate surface area is 123 Å². The Kier molecular flexibility index (Phi) is 4.69. The lowest BCUT2D eigenvalue weighted by atomic mass is 9.79. The lowest BCUT2D eigenvalue weighted by Gasteiger charge is -2.36. The fraction of sp³-hybridized carbons (Fsp3) is 0.786. The maximum atomic E-state index is 10.8. The van der Waals surface area contributed by atoms with Crippen molar-refractivity contribution in [2.75, 3.05) is 7.05 Å². The molecule has 0 spiro atoms. The van der Waals surface area contributed by atoms with Crippen molar-refractivity contribution in [3.05, 3.63) is 15.9 Å². The molecule has 0 aliphatic heterocycles. The van der Waals surface area contributed by atoms with Crippen molar-refractivity contribution in [2.24, 2.45) is 0 Å². The maximum Gasteiger partial charge on any atom is 0.0738 e. The molecule has 1 aromatic heterocycles. The predicted octanol–water partition coefficient (Wildman–Crippen LogP) is 2.41. The molecule has 1 heterocycles. The van der Waals surface area contributed by atoms with Gasteiger partial charge < -0.3 is 10.4 Å². The minimum Gasteiger partial charge on any atom is -0.389 e. The van der Waals surface area contributed by atoms with Crippen LogP contribution in [0.3, 0.4) is 0 Å². The van der Waals surface area contributed by atoms with Crippen LogP contribution < -0.4 is 5.32 Å². The van der Waals surface area contributed by atoms with Gasteiger partial charge in [0.25, 0.3) is 0 Å². The fourth-order valence-corrected chi connectivity index (χ4v) is 3.39. The van der Waals surface area contributed by atoms with E-state index in [2.05, 4.69) is 33.3 Å². The molecular weight excluding hydrogens is 306 g/mol. The van der Waals surface area contributed by atoms with Crippen LogP contribution in [0.2, 0.25) is 0 Å². The second kappa shape index (κ2) is 5.94. The molecular formula is C14H24BrN3O. The first kappa shape index (κ1) is 15.0. The Hall–Kier alpha value is -0.390. The molecule has 1 saturated carbocycles. The number of nitrogens with one attached hydrogen (secondary N) is 1. The number of hydrogen-bond donors (Lipinski definition) is 2. The molecule has 1 aliphatic carbocycles. The maximum absolute atomic E-state index is 10.8. The molecule has 0 bridgehead atoms. The summed E-state index contributed by atoms with van der Waals surface area (Å²) in [6, 6.07) is 0.557. The molecule has 1 aromatic rings. The van der Waals surface area contributed by atoms with Gasteiger partial charge in [0, 0.05) is 19.0 Å². The average Bonchev–Trinajstić information content (AvgIpc) is 2.67. The zero-order valence-electron chi connectivity index (χ0n) is 12.0. The van der Waals surface area contributed by atoms with Crippen molar-refractivity contribution in [3.63, 3.8) is 0 Å². The molecule has 0 amide bonds. The van der Waals surface area contributed by atoms with Crippen LogP contribution in [0.15, 0.2) is 4.47 Å². The van der Waals surface area contributed by atoms with Crippen molar-refractivity contribution >= 4 is 15.9 Å². The third-order valence-electron chi connectivity index (χ3n) is 4.27. The van der Waals surface area contributed by atoms with Crippen molar-refractivity contribution in [1.82, 2.24) is 15.1 Å². The normalized spacial score (nSPS) is 27.7. The van der Waals surface area contributed by atoms with E-state index in [1.807, 2.05) is 18.7 Å². The van der Waals surface area contributed by atoms with E-state index >= 15 is 0 Å². The summed E-state index contributed by atoms with van der Waals surface area (Å²) in [4.78, 5) is 0. The first-order chi connectivity index (χ1) is 8.99. The Morgan fingerprint density at radius 2 is 2.11 bits per heavy atom. The van der Waals surface area contributed by atoms with Crippen LogP contribution in [0.4, 0.5) is 0 Å². The monoisotopic (exact) mass is 329 g/mol. The Balaban J connectivity index is 2.13. The molecule has 1 aliphatic rings. The third kappa shape index (κ3) is 3.20. The largest absolute Gasteiger partial charge is 0.389 e. The van der Waals surface area contributed by atoms with Gasteiger partial charge in [-0.2, -0.15) is 5.10 Å². The summed E-state index contributed by atoms with van der Waals surface area (Å²) in [6.45, 7) is 4.93. The van der Waals surface area contributed by atoms with Gasteiger partial charge in [-0.25, -0.2) is 0 Å². The molecule has 19 heavy (non-hydrogen) atoms. The molecule has 2 N–H and O–H groups in total. The van der Waals surface area contributed by atoms with Gasteiger partial charge in [0.2, 0.25) is 0 Å². The summed E-state index contributed by atoms with van der Waals surface area (Å²) in [5.41, 5.74) is 1.56. The fourth-order valence-electron chi connectivity index (χ4n) is 2.97. The van der Waals surface area contributed by atoms with Gasteiger partial charge in [-0.15, -0.1) is 0 Å². The highest BCUT2D eigenvalue weighted by Crippen LogP contribution is 2.34. The summed E-state index contributed by atoms with van der Waals surface area (Å²) >= 11 is 3.61. The molecule has 0 unspecified atom stereocenters. The highest BCUT2D eigenvalue weighted by molar-refractivity contribution is 9.10. The van der Waals surface area contributed by atoms with Crippen molar-refractivity contribution in [3.8, 4) is 0 Å². The van der Waals surface area contributed by atoms with Crippen LogP contribution >= 0.6 is 15.9 Å². The van der Waals surface area contributed by atoms with Crippen molar-refractivity contribution in [1.29, 1.82) is 0 Å². The summed E-state index contributed by atoms with van der Waals surface area (Å²) in [5.74, 6) is 0. The molecule has 1 fully saturated rings. The topological polar surface area (TPSA) is 50.1 Å². The smallest absolute Gasteiger partial charge is 0.0738 e. The number of nitrogens with zero attached hydrogens (tertiary/aromatic N) is 2. The van der Waals surface area contributed by atoms with Gasteiger partial charge in [0.1, 0.15) is 0 Å². The average molecular weight is 330 g/mol. The SMILES string of the molecule is CCn1nc(C)c(Br)c1CC1(O)CCC(NC)CC1. The van der Waals surface area contributed by atoms with E-state index in [4.69, 9.17) is 0 Å². The van der Waals surface area contributed by atoms with Gasteiger partial charge in [-0.05, 0) is 62.5 Å². The molecule has 4 nitrogen and oxygen atoms in total. The van der Waals surface area contributed by atoms with Crippen LogP contribution in [0, 0.1) is 6.92 Å². The standard InChI is InChI=1S/C14H24BrN3O/c1-4-18-12(13(15)10(2)17-18)9-14(19)7-5-11(16-3)6-8-14/h11,16,19H,4-9H2,1-3H3.